The molecule has 0 unspecified atom stereocenters. The van der Waals surface area contributed by atoms with Crippen LogP contribution in [0.25, 0.3) is 17.2 Å². The Balaban J connectivity index is 1.66. The summed E-state index contributed by atoms with van der Waals surface area (Å²) in [6.45, 7) is 6.45. The fourth-order valence-electron chi connectivity index (χ4n) is 3.42. The molecule has 0 aliphatic carbocycles. The number of amides is 1. The largest absolute Gasteiger partial charge is 0.314 e. The quantitative estimate of drug-likeness (QED) is 0.515. The Bertz CT molecular complexity index is 1270. The normalized spacial score (nSPS) is 11.2. The monoisotopic (exact) mass is 422 g/mol. The van der Waals surface area contributed by atoms with Gasteiger partial charge in [-0.1, -0.05) is 30.3 Å². The molecule has 0 saturated carbocycles. The van der Waals surface area contributed by atoms with E-state index in [1.54, 1.807) is 6.20 Å². The van der Waals surface area contributed by atoms with Crippen molar-refractivity contribution in [3.05, 3.63) is 63.0 Å². The molecule has 4 aromatic rings. The maximum Gasteiger partial charge on any atom is 0.279 e. The standard InChI is InChI=1S/C21H22N6O2S/c1-4-26-14(3)16(10-11-17(28)23-20-22-12-13(2)30-20)19(29)27-21(26)24-18(25-27)15-8-6-5-7-9-15/h5-9,12H,4,10-11H2,1-3H3,(H,22,23,28). The lowest BCUT2D eigenvalue weighted by molar-refractivity contribution is -0.116. The fourth-order valence-corrected chi connectivity index (χ4v) is 4.10. The molecule has 0 fully saturated rings. The van der Waals surface area contributed by atoms with Gasteiger partial charge in [-0.15, -0.1) is 16.4 Å². The minimum absolute atomic E-state index is 0.171. The van der Waals surface area contributed by atoms with E-state index in [4.69, 9.17) is 0 Å². The van der Waals surface area contributed by atoms with Gasteiger partial charge >= 0.3 is 0 Å². The fraction of sp³-hybridized carbons (Fsp3) is 0.286. The van der Waals surface area contributed by atoms with Crippen LogP contribution in [0.3, 0.4) is 0 Å². The van der Waals surface area contributed by atoms with E-state index in [9.17, 15) is 9.59 Å². The zero-order valence-electron chi connectivity index (χ0n) is 17.0. The summed E-state index contributed by atoms with van der Waals surface area (Å²) in [7, 11) is 0. The lowest BCUT2D eigenvalue weighted by atomic mass is 10.1. The first-order valence-corrected chi connectivity index (χ1v) is 10.6. The van der Waals surface area contributed by atoms with Gasteiger partial charge in [-0.3, -0.25) is 9.59 Å². The Morgan fingerprint density at radius 3 is 2.63 bits per heavy atom. The molecule has 0 aliphatic heterocycles. The van der Waals surface area contributed by atoms with Crippen LogP contribution < -0.4 is 10.9 Å². The topological polar surface area (TPSA) is 94.2 Å². The van der Waals surface area contributed by atoms with Crippen LogP contribution in [0.2, 0.25) is 0 Å². The molecule has 1 N–H and O–H groups in total. The Morgan fingerprint density at radius 1 is 1.20 bits per heavy atom. The summed E-state index contributed by atoms with van der Waals surface area (Å²) in [5.74, 6) is 0.837. The lowest BCUT2D eigenvalue weighted by Crippen LogP contribution is -2.27. The highest BCUT2D eigenvalue weighted by atomic mass is 32.1. The van der Waals surface area contributed by atoms with Gasteiger partial charge in [0.25, 0.3) is 5.56 Å². The number of benzene rings is 1. The zero-order chi connectivity index (χ0) is 21.3. The number of thiazole rings is 1. The van der Waals surface area contributed by atoms with Crippen molar-refractivity contribution in [2.24, 2.45) is 0 Å². The summed E-state index contributed by atoms with van der Waals surface area (Å²) in [5.41, 5.74) is 1.99. The third kappa shape index (κ3) is 3.76. The predicted molar refractivity (Wildman–Crippen MR) is 117 cm³/mol. The number of nitrogens with one attached hydrogen (secondary N) is 1. The van der Waals surface area contributed by atoms with Crippen LogP contribution in [0.5, 0.6) is 0 Å². The average Bonchev–Trinajstić information content (AvgIpc) is 3.35. The van der Waals surface area contributed by atoms with Crippen LogP contribution in [0.1, 0.15) is 29.5 Å². The number of rotatable bonds is 6. The van der Waals surface area contributed by atoms with Crippen LogP contribution in [0, 0.1) is 13.8 Å². The number of nitrogens with zero attached hydrogens (tertiary/aromatic N) is 5. The summed E-state index contributed by atoms with van der Waals surface area (Å²) >= 11 is 1.42. The minimum atomic E-state index is -0.236. The molecule has 154 valence electrons. The van der Waals surface area contributed by atoms with Crippen LogP contribution in [0.4, 0.5) is 5.13 Å². The highest BCUT2D eigenvalue weighted by molar-refractivity contribution is 7.15. The third-order valence-corrected chi connectivity index (χ3v) is 5.77. The van der Waals surface area contributed by atoms with Gasteiger partial charge in [0.2, 0.25) is 11.7 Å². The zero-order valence-corrected chi connectivity index (χ0v) is 17.9. The first kappa shape index (κ1) is 20.0. The van der Waals surface area contributed by atoms with Crippen LogP contribution in [-0.2, 0) is 17.8 Å². The molecule has 30 heavy (non-hydrogen) atoms. The number of anilines is 1. The summed E-state index contributed by atoms with van der Waals surface area (Å²) in [5, 5.41) is 7.81. The SMILES string of the molecule is CCn1c(C)c(CCC(=O)Nc2ncc(C)s2)c(=O)n2nc(-c3ccccc3)nc12. The molecule has 1 amide bonds. The maximum absolute atomic E-state index is 13.1. The van der Waals surface area contributed by atoms with E-state index in [1.165, 1.54) is 15.9 Å². The van der Waals surface area contributed by atoms with Crippen molar-refractivity contribution in [3.63, 3.8) is 0 Å². The van der Waals surface area contributed by atoms with E-state index in [0.29, 0.717) is 35.3 Å². The van der Waals surface area contributed by atoms with E-state index in [-0.39, 0.29) is 17.9 Å². The summed E-state index contributed by atoms with van der Waals surface area (Å²) in [6.07, 6.45) is 2.22. The molecule has 0 saturated heterocycles. The number of aryl methyl sites for hydroxylation is 2. The van der Waals surface area contributed by atoms with Gasteiger partial charge in [0.15, 0.2) is 11.0 Å². The van der Waals surface area contributed by atoms with Crippen LogP contribution in [-0.4, -0.2) is 30.1 Å². The second-order valence-corrected chi connectivity index (χ2v) is 8.19. The van der Waals surface area contributed by atoms with Gasteiger partial charge in [0, 0.05) is 40.9 Å². The molecule has 0 bridgehead atoms. The second kappa shape index (κ2) is 8.19. The third-order valence-electron chi connectivity index (χ3n) is 4.94. The average molecular weight is 423 g/mol. The van der Waals surface area contributed by atoms with Crippen molar-refractivity contribution < 1.29 is 4.79 Å². The van der Waals surface area contributed by atoms with Gasteiger partial charge in [0.05, 0.1) is 0 Å². The van der Waals surface area contributed by atoms with Crippen molar-refractivity contribution in [2.75, 3.05) is 5.32 Å². The smallest absolute Gasteiger partial charge is 0.279 e. The molecule has 1 aromatic carbocycles. The number of hydrogen-bond acceptors (Lipinski definition) is 6. The van der Waals surface area contributed by atoms with Gasteiger partial charge < -0.3 is 9.88 Å². The molecule has 0 radical (unpaired) electrons. The molecule has 9 heteroatoms. The predicted octanol–water partition coefficient (Wildman–Crippen LogP) is 3.22. The highest BCUT2D eigenvalue weighted by Gasteiger charge is 2.18. The summed E-state index contributed by atoms with van der Waals surface area (Å²) in [6, 6.07) is 9.56. The molecule has 8 nitrogen and oxygen atoms in total. The first-order valence-electron chi connectivity index (χ1n) is 9.74. The van der Waals surface area contributed by atoms with Crippen molar-refractivity contribution in [3.8, 4) is 11.4 Å². The molecule has 0 aliphatic rings. The lowest BCUT2D eigenvalue weighted by Gasteiger charge is -2.13. The molecular weight excluding hydrogens is 400 g/mol. The van der Waals surface area contributed by atoms with E-state index < -0.39 is 0 Å². The van der Waals surface area contributed by atoms with Crippen molar-refractivity contribution in [1.82, 2.24) is 24.1 Å². The van der Waals surface area contributed by atoms with Crippen LogP contribution in [0.15, 0.2) is 41.3 Å². The number of aromatic nitrogens is 5. The maximum atomic E-state index is 13.1. The van der Waals surface area contributed by atoms with E-state index in [2.05, 4.69) is 20.4 Å². The molecule has 0 atom stereocenters. The number of carbonyl (C=O) groups excluding carboxylic acids is 1. The molecule has 4 rings (SSSR count). The number of fused-ring (bicyclic) bond motifs is 1. The highest BCUT2D eigenvalue weighted by Crippen LogP contribution is 2.19. The Kier molecular flexibility index (Phi) is 5.45. The van der Waals surface area contributed by atoms with Gasteiger partial charge in [-0.05, 0) is 27.2 Å². The number of hydrogen-bond donors (Lipinski definition) is 1. The van der Waals surface area contributed by atoms with Gasteiger partial charge in [-0.2, -0.15) is 9.50 Å². The Morgan fingerprint density at radius 2 is 1.97 bits per heavy atom. The Hall–Kier alpha value is -3.33. The number of carbonyl (C=O) groups is 1. The minimum Gasteiger partial charge on any atom is -0.314 e. The van der Waals surface area contributed by atoms with Crippen LogP contribution >= 0.6 is 11.3 Å². The van der Waals surface area contributed by atoms with Crippen molar-refractivity contribution in [1.29, 1.82) is 0 Å². The second-order valence-electron chi connectivity index (χ2n) is 6.95. The molecule has 0 spiro atoms. The molecule has 3 aromatic heterocycles. The Labute approximate surface area is 177 Å². The van der Waals surface area contributed by atoms with E-state index >= 15 is 0 Å². The van der Waals surface area contributed by atoms with Crippen molar-refractivity contribution in [2.45, 2.75) is 40.2 Å². The molecule has 3 heterocycles. The molecular formula is C21H22N6O2S. The first-order chi connectivity index (χ1) is 14.5. The van der Waals surface area contributed by atoms with E-state index in [0.717, 1.165) is 16.1 Å². The summed E-state index contributed by atoms with van der Waals surface area (Å²) < 4.78 is 3.30. The van der Waals surface area contributed by atoms with Gasteiger partial charge in [-0.25, -0.2) is 4.98 Å². The van der Waals surface area contributed by atoms with E-state index in [1.807, 2.05) is 55.7 Å². The van der Waals surface area contributed by atoms with Gasteiger partial charge in [0.1, 0.15) is 0 Å². The van der Waals surface area contributed by atoms with Crippen molar-refractivity contribution >= 4 is 28.2 Å². The summed E-state index contributed by atoms with van der Waals surface area (Å²) in [4.78, 5) is 35.2.